The minimum absolute atomic E-state index is 0.266. The SMILES string of the molecule is COc1ccc(-c2nc(COc3cc(C)cc(C)c3)no2)cc1. The summed E-state index contributed by atoms with van der Waals surface area (Å²) in [5, 5.41) is 3.95. The highest BCUT2D eigenvalue weighted by Gasteiger charge is 2.09. The molecule has 0 aliphatic rings. The Morgan fingerprint density at radius 3 is 2.30 bits per heavy atom. The van der Waals surface area contributed by atoms with Gasteiger partial charge in [0.2, 0.25) is 5.82 Å². The summed E-state index contributed by atoms with van der Waals surface area (Å²) in [5.41, 5.74) is 3.16. The molecule has 1 aromatic heterocycles. The fourth-order valence-corrected chi connectivity index (χ4v) is 2.33. The third-order valence-electron chi connectivity index (χ3n) is 3.37. The van der Waals surface area contributed by atoms with Gasteiger partial charge in [-0.1, -0.05) is 11.2 Å². The number of benzene rings is 2. The molecule has 118 valence electrons. The second-order valence-electron chi connectivity index (χ2n) is 5.36. The number of nitrogens with zero attached hydrogens (tertiary/aromatic N) is 2. The van der Waals surface area contributed by atoms with Crippen LogP contribution in [0.15, 0.2) is 47.0 Å². The monoisotopic (exact) mass is 310 g/mol. The highest BCUT2D eigenvalue weighted by atomic mass is 16.5. The zero-order chi connectivity index (χ0) is 16.2. The van der Waals surface area contributed by atoms with E-state index in [1.807, 2.05) is 50.2 Å². The normalized spacial score (nSPS) is 10.6. The van der Waals surface area contributed by atoms with Crippen molar-refractivity contribution in [1.82, 2.24) is 10.1 Å². The van der Waals surface area contributed by atoms with Crippen molar-refractivity contribution in [2.75, 3.05) is 7.11 Å². The van der Waals surface area contributed by atoms with E-state index >= 15 is 0 Å². The molecular formula is C18H18N2O3. The van der Waals surface area contributed by atoms with E-state index in [-0.39, 0.29) is 6.61 Å². The lowest BCUT2D eigenvalue weighted by Crippen LogP contribution is -1.98. The van der Waals surface area contributed by atoms with Gasteiger partial charge in [-0.3, -0.25) is 0 Å². The number of methoxy groups -OCH3 is 1. The number of hydrogen-bond donors (Lipinski definition) is 0. The predicted octanol–water partition coefficient (Wildman–Crippen LogP) is 3.94. The molecule has 1 heterocycles. The smallest absolute Gasteiger partial charge is 0.258 e. The molecule has 0 aliphatic carbocycles. The van der Waals surface area contributed by atoms with Gasteiger partial charge in [0.25, 0.3) is 5.89 Å². The van der Waals surface area contributed by atoms with Gasteiger partial charge in [-0.05, 0) is 61.4 Å². The van der Waals surface area contributed by atoms with Gasteiger partial charge in [-0.15, -0.1) is 0 Å². The lowest BCUT2D eigenvalue weighted by Gasteiger charge is -2.05. The molecule has 3 rings (SSSR count). The van der Waals surface area contributed by atoms with Crippen LogP contribution < -0.4 is 9.47 Å². The average molecular weight is 310 g/mol. The topological polar surface area (TPSA) is 57.4 Å². The first-order valence-electron chi connectivity index (χ1n) is 7.32. The van der Waals surface area contributed by atoms with Crippen molar-refractivity contribution in [3.8, 4) is 23.0 Å². The van der Waals surface area contributed by atoms with Crippen LogP contribution in [0.1, 0.15) is 17.0 Å². The van der Waals surface area contributed by atoms with Crippen molar-refractivity contribution in [3.63, 3.8) is 0 Å². The number of aromatic nitrogens is 2. The first-order chi connectivity index (χ1) is 11.1. The van der Waals surface area contributed by atoms with Gasteiger partial charge in [0.1, 0.15) is 11.5 Å². The van der Waals surface area contributed by atoms with Crippen molar-refractivity contribution in [2.24, 2.45) is 0 Å². The van der Waals surface area contributed by atoms with Crippen molar-refractivity contribution < 1.29 is 14.0 Å². The summed E-state index contributed by atoms with van der Waals surface area (Å²) >= 11 is 0. The summed E-state index contributed by atoms with van der Waals surface area (Å²) < 4.78 is 16.1. The third-order valence-corrected chi connectivity index (χ3v) is 3.37. The summed E-state index contributed by atoms with van der Waals surface area (Å²) in [6.07, 6.45) is 0. The molecule has 0 fully saturated rings. The molecule has 5 nitrogen and oxygen atoms in total. The van der Waals surface area contributed by atoms with E-state index in [0.29, 0.717) is 11.7 Å². The van der Waals surface area contributed by atoms with Gasteiger partial charge in [0, 0.05) is 5.56 Å². The van der Waals surface area contributed by atoms with E-state index in [1.54, 1.807) is 7.11 Å². The van der Waals surface area contributed by atoms with Crippen molar-refractivity contribution in [2.45, 2.75) is 20.5 Å². The minimum atomic E-state index is 0.266. The van der Waals surface area contributed by atoms with E-state index in [4.69, 9.17) is 14.0 Å². The molecule has 23 heavy (non-hydrogen) atoms. The van der Waals surface area contributed by atoms with Crippen molar-refractivity contribution >= 4 is 0 Å². The lowest BCUT2D eigenvalue weighted by molar-refractivity contribution is 0.286. The summed E-state index contributed by atoms with van der Waals surface area (Å²) in [7, 11) is 1.63. The second kappa shape index (κ2) is 6.52. The molecule has 0 radical (unpaired) electrons. The Kier molecular flexibility index (Phi) is 4.28. The van der Waals surface area contributed by atoms with Crippen LogP contribution >= 0.6 is 0 Å². The quantitative estimate of drug-likeness (QED) is 0.714. The molecule has 3 aromatic rings. The number of aryl methyl sites for hydroxylation is 2. The summed E-state index contributed by atoms with van der Waals surface area (Å²) in [5.74, 6) is 2.56. The van der Waals surface area contributed by atoms with Crippen LogP contribution in [-0.4, -0.2) is 17.3 Å². The highest BCUT2D eigenvalue weighted by molar-refractivity contribution is 5.54. The Bertz CT molecular complexity index is 774. The third kappa shape index (κ3) is 3.69. The summed E-state index contributed by atoms with van der Waals surface area (Å²) in [6, 6.07) is 13.5. The van der Waals surface area contributed by atoms with Gasteiger partial charge in [0.15, 0.2) is 6.61 Å². The summed E-state index contributed by atoms with van der Waals surface area (Å²) in [6.45, 7) is 4.34. The Hall–Kier alpha value is -2.82. The molecule has 0 saturated heterocycles. The molecule has 0 saturated carbocycles. The number of rotatable bonds is 5. The first kappa shape index (κ1) is 15.1. The second-order valence-corrected chi connectivity index (χ2v) is 5.36. The molecular weight excluding hydrogens is 292 g/mol. The van der Waals surface area contributed by atoms with Crippen LogP contribution in [-0.2, 0) is 6.61 Å². The maximum atomic E-state index is 5.73. The fourth-order valence-electron chi connectivity index (χ4n) is 2.33. The van der Waals surface area contributed by atoms with Crippen molar-refractivity contribution in [3.05, 3.63) is 59.4 Å². The Morgan fingerprint density at radius 2 is 1.65 bits per heavy atom. The van der Waals surface area contributed by atoms with E-state index in [9.17, 15) is 0 Å². The molecule has 5 heteroatoms. The first-order valence-corrected chi connectivity index (χ1v) is 7.32. The molecule has 0 spiro atoms. The zero-order valence-corrected chi connectivity index (χ0v) is 13.4. The maximum Gasteiger partial charge on any atom is 0.258 e. The molecule has 0 unspecified atom stereocenters. The van der Waals surface area contributed by atoms with E-state index in [0.717, 1.165) is 28.2 Å². The molecule has 0 aliphatic heterocycles. The predicted molar refractivity (Wildman–Crippen MR) is 86.5 cm³/mol. The van der Waals surface area contributed by atoms with E-state index in [1.165, 1.54) is 0 Å². The molecule has 2 aromatic carbocycles. The molecule has 0 atom stereocenters. The Labute approximate surface area is 134 Å². The van der Waals surface area contributed by atoms with E-state index in [2.05, 4.69) is 16.2 Å². The van der Waals surface area contributed by atoms with Gasteiger partial charge in [0.05, 0.1) is 7.11 Å². The van der Waals surface area contributed by atoms with Gasteiger partial charge < -0.3 is 14.0 Å². The maximum absolute atomic E-state index is 5.73. The fraction of sp³-hybridized carbons (Fsp3) is 0.222. The largest absolute Gasteiger partial charge is 0.497 e. The zero-order valence-electron chi connectivity index (χ0n) is 13.4. The number of ether oxygens (including phenoxy) is 2. The number of hydrogen-bond acceptors (Lipinski definition) is 5. The van der Waals surface area contributed by atoms with E-state index < -0.39 is 0 Å². The highest BCUT2D eigenvalue weighted by Crippen LogP contribution is 2.21. The lowest BCUT2D eigenvalue weighted by atomic mass is 10.1. The Morgan fingerprint density at radius 1 is 0.957 bits per heavy atom. The summed E-state index contributed by atoms with van der Waals surface area (Å²) in [4.78, 5) is 4.35. The molecule has 0 amide bonds. The molecule has 0 bridgehead atoms. The molecule has 0 N–H and O–H groups in total. The van der Waals surface area contributed by atoms with Crippen LogP contribution in [0.4, 0.5) is 0 Å². The van der Waals surface area contributed by atoms with Gasteiger partial charge >= 0.3 is 0 Å². The average Bonchev–Trinajstić information content (AvgIpc) is 3.01. The minimum Gasteiger partial charge on any atom is -0.497 e. The van der Waals surface area contributed by atoms with Crippen LogP contribution in [0, 0.1) is 13.8 Å². The van der Waals surface area contributed by atoms with Crippen LogP contribution in [0.5, 0.6) is 11.5 Å². The van der Waals surface area contributed by atoms with Gasteiger partial charge in [-0.25, -0.2) is 0 Å². The Balaban J connectivity index is 1.69. The standard InChI is InChI=1S/C18H18N2O3/c1-12-8-13(2)10-16(9-12)22-11-17-19-18(23-20-17)14-4-6-15(21-3)7-5-14/h4-10H,11H2,1-3H3. The van der Waals surface area contributed by atoms with Crippen LogP contribution in [0.25, 0.3) is 11.5 Å². The van der Waals surface area contributed by atoms with Crippen LogP contribution in [0.2, 0.25) is 0 Å². The van der Waals surface area contributed by atoms with Gasteiger partial charge in [-0.2, -0.15) is 4.98 Å². The van der Waals surface area contributed by atoms with Crippen molar-refractivity contribution in [1.29, 1.82) is 0 Å². The van der Waals surface area contributed by atoms with Crippen LogP contribution in [0.3, 0.4) is 0 Å².